The third-order valence-corrected chi connectivity index (χ3v) is 0.997. The van der Waals surface area contributed by atoms with Crippen LogP contribution in [0.2, 0.25) is 0 Å². The molecule has 0 bridgehead atoms. The summed E-state index contributed by atoms with van der Waals surface area (Å²) in [6.45, 7) is 1.88. The van der Waals surface area contributed by atoms with E-state index in [9.17, 15) is 9.59 Å². The molecule has 0 aromatic carbocycles. The molecule has 0 aliphatic heterocycles. The molecule has 0 saturated carbocycles. The molecular weight excluding hydrogens is 127 g/mol. The molecule has 0 aliphatic rings. The van der Waals surface area contributed by atoms with E-state index in [0.717, 1.165) is 12.6 Å². The quantitative estimate of drug-likeness (QED) is 0.330. The molecule has 0 aromatic heterocycles. The van der Waals surface area contributed by atoms with E-state index in [-0.39, 0.29) is 36.9 Å². The molecule has 9 heavy (non-hydrogen) atoms. The van der Waals surface area contributed by atoms with Crippen LogP contribution >= 0.6 is 0 Å². The van der Waals surface area contributed by atoms with Gasteiger partial charge in [0, 0.05) is 12.8 Å². The Bertz CT molecular complexity index is 77.8. The first-order chi connectivity index (χ1) is 3.81. The first-order valence-electron chi connectivity index (χ1n) is 2.68. The van der Waals surface area contributed by atoms with Crippen molar-refractivity contribution in [2.45, 2.75) is 19.8 Å². The largest absolute Gasteiger partial charge is 1.00 e. The van der Waals surface area contributed by atoms with Gasteiger partial charge in [0.2, 0.25) is 0 Å². The van der Waals surface area contributed by atoms with E-state index in [1.165, 1.54) is 0 Å². The van der Waals surface area contributed by atoms with Crippen molar-refractivity contribution in [2.75, 3.05) is 0 Å². The van der Waals surface area contributed by atoms with Gasteiger partial charge in [0.05, 0.1) is 0 Å². The SMILES string of the molecule is CC(CC=O)CC=O.[H-].[Na+]. The molecule has 0 aliphatic carbocycles. The van der Waals surface area contributed by atoms with Crippen molar-refractivity contribution in [3.8, 4) is 0 Å². The molecule has 0 atom stereocenters. The number of hydrogen-bond donors (Lipinski definition) is 0. The Hall–Kier alpha value is 0.340. The third kappa shape index (κ3) is 8.34. The summed E-state index contributed by atoms with van der Waals surface area (Å²) in [6.07, 6.45) is 2.68. The maximum Gasteiger partial charge on any atom is 1.00 e. The monoisotopic (exact) mass is 138 g/mol. The molecule has 0 spiro atoms. The Morgan fingerprint density at radius 2 is 1.67 bits per heavy atom. The topological polar surface area (TPSA) is 34.1 Å². The standard InChI is InChI=1S/C6H10O2.Na.H/c1-6(2-4-7)3-5-8;;/h4-6H,2-3H2,1H3;;/q;+1;-1. The van der Waals surface area contributed by atoms with Crippen molar-refractivity contribution in [1.82, 2.24) is 0 Å². The molecule has 0 aromatic rings. The van der Waals surface area contributed by atoms with Gasteiger partial charge in [0.1, 0.15) is 12.6 Å². The first kappa shape index (κ1) is 12.1. The van der Waals surface area contributed by atoms with Gasteiger partial charge >= 0.3 is 29.6 Å². The van der Waals surface area contributed by atoms with E-state index in [0.29, 0.717) is 12.8 Å². The molecule has 0 rings (SSSR count). The average Bonchev–Trinajstić information content (AvgIpc) is 1.68. The number of aldehydes is 2. The average molecular weight is 138 g/mol. The van der Waals surface area contributed by atoms with Crippen molar-refractivity contribution in [3.05, 3.63) is 0 Å². The number of hydrogen-bond acceptors (Lipinski definition) is 2. The van der Waals surface area contributed by atoms with Gasteiger partial charge in [-0.1, -0.05) is 6.92 Å². The fourth-order valence-corrected chi connectivity index (χ4v) is 0.425. The molecule has 0 amide bonds. The molecule has 0 N–H and O–H groups in total. The summed E-state index contributed by atoms with van der Waals surface area (Å²) in [7, 11) is 0. The Labute approximate surface area is 78.8 Å². The second-order valence-corrected chi connectivity index (χ2v) is 1.91. The summed E-state index contributed by atoms with van der Waals surface area (Å²) < 4.78 is 0. The summed E-state index contributed by atoms with van der Waals surface area (Å²) in [4.78, 5) is 19.5. The number of rotatable bonds is 4. The van der Waals surface area contributed by atoms with E-state index in [1.54, 1.807) is 0 Å². The van der Waals surface area contributed by atoms with Gasteiger partial charge in [0.25, 0.3) is 0 Å². The third-order valence-electron chi connectivity index (χ3n) is 0.997. The second-order valence-electron chi connectivity index (χ2n) is 1.91. The minimum atomic E-state index is 0. The predicted molar refractivity (Wildman–Crippen MR) is 31.6 cm³/mol. The molecule has 2 nitrogen and oxygen atoms in total. The maximum atomic E-state index is 9.77. The zero-order valence-corrected chi connectivity index (χ0v) is 7.96. The maximum absolute atomic E-state index is 9.77. The molecule has 0 heterocycles. The van der Waals surface area contributed by atoms with Gasteiger partial charge in [-0.05, 0) is 5.92 Å². The van der Waals surface area contributed by atoms with Gasteiger partial charge in [-0.2, -0.15) is 0 Å². The van der Waals surface area contributed by atoms with E-state index in [4.69, 9.17) is 0 Å². The van der Waals surface area contributed by atoms with Gasteiger partial charge < -0.3 is 11.0 Å². The van der Waals surface area contributed by atoms with Crippen LogP contribution in [-0.2, 0) is 9.59 Å². The van der Waals surface area contributed by atoms with E-state index in [1.807, 2.05) is 6.92 Å². The molecule has 0 fully saturated rings. The van der Waals surface area contributed by atoms with E-state index >= 15 is 0 Å². The van der Waals surface area contributed by atoms with Crippen LogP contribution in [0.5, 0.6) is 0 Å². The van der Waals surface area contributed by atoms with Crippen LogP contribution in [-0.4, -0.2) is 12.6 Å². The van der Waals surface area contributed by atoms with Crippen LogP contribution in [0.1, 0.15) is 21.2 Å². The van der Waals surface area contributed by atoms with Gasteiger partial charge in [-0.15, -0.1) is 0 Å². The van der Waals surface area contributed by atoms with Crippen LogP contribution in [0.15, 0.2) is 0 Å². The normalized spacial score (nSPS) is 8.22. The summed E-state index contributed by atoms with van der Waals surface area (Å²) >= 11 is 0. The van der Waals surface area contributed by atoms with Gasteiger partial charge in [-0.25, -0.2) is 0 Å². The van der Waals surface area contributed by atoms with Crippen molar-refractivity contribution in [1.29, 1.82) is 0 Å². The van der Waals surface area contributed by atoms with Crippen molar-refractivity contribution < 1.29 is 40.6 Å². The number of carbonyl (C=O) groups is 2. The molecule has 0 unspecified atom stereocenters. The van der Waals surface area contributed by atoms with Crippen LogP contribution in [0.25, 0.3) is 0 Å². The van der Waals surface area contributed by atoms with Gasteiger partial charge in [0.15, 0.2) is 0 Å². The molecule has 48 valence electrons. The molecule has 0 radical (unpaired) electrons. The first-order valence-corrected chi connectivity index (χ1v) is 2.68. The number of carbonyl (C=O) groups excluding carboxylic acids is 2. The summed E-state index contributed by atoms with van der Waals surface area (Å²) in [5.74, 6) is 0.227. The van der Waals surface area contributed by atoms with E-state index < -0.39 is 0 Å². The van der Waals surface area contributed by atoms with Crippen LogP contribution in [0.3, 0.4) is 0 Å². The Kier molecular flexibility index (Phi) is 11.2. The van der Waals surface area contributed by atoms with Crippen molar-refractivity contribution >= 4 is 12.6 Å². The second kappa shape index (κ2) is 8.34. The zero-order valence-electron chi connectivity index (χ0n) is 6.96. The Morgan fingerprint density at radius 3 is 1.89 bits per heavy atom. The fourth-order valence-electron chi connectivity index (χ4n) is 0.425. The summed E-state index contributed by atoms with van der Waals surface area (Å²) in [5.41, 5.74) is 0. The van der Waals surface area contributed by atoms with Crippen LogP contribution in [0, 0.1) is 5.92 Å². The van der Waals surface area contributed by atoms with E-state index in [2.05, 4.69) is 0 Å². The van der Waals surface area contributed by atoms with Crippen LogP contribution in [0.4, 0.5) is 0 Å². The van der Waals surface area contributed by atoms with Crippen molar-refractivity contribution in [2.24, 2.45) is 5.92 Å². The zero-order chi connectivity index (χ0) is 6.41. The summed E-state index contributed by atoms with van der Waals surface area (Å²) in [5, 5.41) is 0. The smallest absolute Gasteiger partial charge is 1.00 e. The minimum Gasteiger partial charge on any atom is -1.00 e. The van der Waals surface area contributed by atoms with Crippen molar-refractivity contribution in [3.63, 3.8) is 0 Å². The Morgan fingerprint density at radius 1 is 1.33 bits per heavy atom. The summed E-state index contributed by atoms with van der Waals surface area (Å²) in [6, 6.07) is 0. The predicted octanol–water partition coefficient (Wildman–Crippen LogP) is -2.08. The molecule has 3 heteroatoms. The molecular formula is C6H11NaO2. The minimum absolute atomic E-state index is 0. The molecule has 0 saturated heterocycles. The Balaban J connectivity index is -0.000000245. The van der Waals surface area contributed by atoms with Crippen LogP contribution < -0.4 is 29.6 Å². The van der Waals surface area contributed by atoms with Gasteiger partial charge in [-0.3, -0.25) is 0 Å². The fraction of sp³-hybridized carbons (Fsp3) is 0.667.